The molecule has 2 heteroatoms. The molecule has 0 aliphatic rings. The van der Waals surface area contributed by atoms with Crippen molar-refractivity contribution in [2.75, 3.05) is 0 Å². The number of para-hydroxylation sites is 1. The van der Waals surface area contributed by atoms with Crippen molar-refractivity contribution in [1.29, 1.82) is 0 Å². The molecule has 0 radical (unpaired) electrons. The molecule has 92 valence electrons. The molecule has 2 aromatic rings. The van der Waals surface area contributed by atoms with Crippen LogP contribution in [0.4, 0.5) is 0 Å². The Bertz CT molecular complexity index is 501. The van der Waals surface area contributed by atoms with Gasteiger partial charge in [-0.3, -0.25) is 0 Å². The lowest BCUT2D eigenvalue weighted by Crippen LogP contribution is -2.06. The zero-order valence-electron chi connectivity index (χ0n) is 10.9. The standard InChI is InChI=1S/C15H21NO/c1-4-10(3)12-8-6-7-11-9-14(13(16)5-2)17-15(11)12/h6-10,13H,4-5,16H2,1-3H3. The fraction of sp³-hybridized carbons (Fsp3) is 0.467. The summed E-state index contributed by atoms with van der Waals surface area (Å²) in [6.07, 6.45) is 2.02. The Labute approximate surface area is 103 Å². The first-order chi connectivity index (χ1) is 8.17. The maximum absolute atomic E-state index is 6.02. The van der Waals surface area contributed by atoms with E-state index in [9.17, 15) is 0 Å². The van der Waals surface area contributed by atoms with Gasteiger partial charge >= 0.3 is 0 Å². The number of fused-ring (bicyclic) bond motifs is 1. The van der Waals surface area contributed by atoms with E-state index in [2.05, 4.69) is 45.0 Å². The molecule has 0 aliphatic heterocycles. The summed E-state index contributed by atoms with van der Waals surface area (Å²) in [6, 6.07) is 8.43. The van der Waals surface area contributed by atoms with Crippen molar-refractivity contribution in [3.05, 3.63) is 35.6 Å². The molecule has 1 aromatic carbocycles. The van der Waals surface area contributed by atoms with Crippen LogP contribution in [-0.2, 0) is 0 Å². The van der Waals surface area contributed by atoms with Crippen molar-refractivity contribution in [3.8, 4) is 0 Å². The molecule has 2 rings (SSSR count). The van der Waals surface area contributed by atoms with E-state index < -0.39 is 0 Å². The lowest BCUT2D eigenvalue weighted by molar-refractivity contribution is 0.484. The predicted octanol–water partition coefficient (Wildman–Crippen LogP) is 4.36. The molecule has 2 N–H and O–H groups in total. The second kappa shape index (κ2) is 4.92. The molecular weight excluding hydrogens is 210 g/mol. The molecule has 17 heavy (non-hydrogen) atoms. The van der Waals surface area contributed by atoms with Crippen LogP contribution in [0.15, 0.2) is 28.7 Å². The van der Waals surface area contributed by atoms with Crippen LogP contribution in [0.25, 0.3) is 11.0 Å². The highest BCUT2D eigenvalue weighted by Crippen LogP contribution is 2.31. The minimum Gasteiger partial charge on any atom is -0.459 e. The fourth-order valence-corrected chi connectivity index (χ4v) is 2.10. The molecule has 0 saturated heterocycles. The van der Waals surface area contributed by atoms with Gasteiger partial charge in [0, 0.05) is 5.39 Å². The minimum absolute atomic E-state index is 0.00665. The van der Waals surface area contributed by atoms with E-state index in [0.29, 0.717) is 5.92 Å². The number of benzene rings is 1. The van der Waals surface area contributed by atoms with Crippen LogP contribution in [0.1, 0.15) is 56.9 Å². The Morgan fingerprint density at radius 1 is 1.24 bits per heavy atom. The lowest BCUT2D eigenvalue weighted by atomic mass is 9.97. The van der Waals surface area contributed by atoms with Crippen LogP contribution in [0.3, 0.4) is 0 Å². The van der Waals surface area contributed by atoms with Gasteiger partial charge in [0.15, 0.2) is 0 Å². The smallest absolute Gasteiger partial charge is 0.137 e. The van der Waals surface area contributed by atoms with Crippen LogP contribution >= 0.6 is 0 Å². The van der Waals surface area contributed by atoms with Crippen LogP contribution in [0.2, 0.25) is 0 Å². The maximum Gasteiger partial charge on any atom is 0.137 e. The SMILES string of the molecule is CCC(C)c1cccc2cc(C(N)CC)oc12. The Hall–Kier alpha value is -1.28. The first kappa shape index (κ1) is 12.2. The quantitative estimate of drug-likeness (QED) is 0.849. The van der Waals surface area contributed by atoms with E-state index in [-0.39, 0.29) is 6.04 Å². The fourth-order valence-electron chi connectivity index (χ4n) is 2.10. The number of hydrogen-bond acceptors (Lipinski definition) is 2. The van der Waals surface area contributed by atoms with Gasteiger partial charge in [-0.15, -0.1) is 0 Å². The summed E-state index contributed by atoms with van der Waals surface area (Å²) >= 11 is 0. The normalized spacial score (nSPS) is 15.1. The van der Waals surface area contributed by atoms with E-state index in [1.165, 1.54) is 10.9 Å². The molecular formula is C15H21NO. The summed E-state index contributed by atoms with van der Waals surface area (Å²) in [7, 11) is 0. The predicted molar refractivity (Wildman–Crippen MR) is 72.1 cm³/mol. The first-order valence-electron chi connectivity index (χ1n) is 6.45. The number of rotatable bonds is 4. The average molecular weight is 231 g/mol. The summed E-state index contributed by atoms with van der Waals surface area (Å²) in [5, 5.41) is 1.17. The third kappa shape index (κ3) is 2.22. The molecule has 1 heterocycles. The maximum atomic E-state index is 6.02. The summed E-state index contributed by atoms with van der Waals surface area (Å²) in [5.74, 6) is 1.42. The number of nitrogens with two attached hydrogens (primary N) is 1. The largest absolute Gasteiger partial charge is 0.459 e. The van der Waals surface area contributed by atoms with Crippen LogP contribution < -0.4 is 5.73 Å². The molecule has 2 nitrogen and oxygen atoms in total. The molecule has 2 unspecified atom stereocenters. The van der Waals surface area contributed by atoms with E-state index in [0.717, 1.165) is 24.2 Å². The zero-order valence-corrected chi connectivity index (χ0v) is 10.9. The monoisotopic (exact) mass is 231 g/mol. The summed E-state index contributed by atoms with van der Waals surface area (Å²) in [5.41, 5.74) is 8.33. The van der Waals surface area contributed by atoms with Gasteiger partial charge < -0.3 is 10.2 Å². The van der Waals surface area contributed by atoms with Crippen molar-refractivity contribution in [3.63, 3.8) is 0 Å². The van der Waals surface area contributed by atoms with E-state index in [1.807, 2.05) is 0 Å². The molecule has 0 bridgehead atoms. The van der Waals surface area contributed by atoms with Gasteiger partial charge in [0.1, 0.15) is 11.3 Å². The highest BCUT2D eigenvalue weighted by molar-refractivity contribution is 5.81. The molecule has 0 saturated carbocycles. The zero-order chi connectivity index (χ0) is 12.4. The van der Waals surface area contributed by atoms with Gasteiger partial charge in [0.05, 0.1) is 6.04 Å². The van der Waals surface area contributed by atoms with E-state index >= 15 is 0 Å². The van der Waals surface area contributed by atoms with Crippen LogP contribution in [0.5, 0.6) is 0 Å². The topological polar surface area (TPSA) is 39.2 Å². The summed E-state index contributed by atoms with van der Waals surface area (Å²) in [6.45, 7) is 6.51. The highest BCUT2D eigenvalue weighted by Gasteiger charge is 2.14. The third-order valence-electron chi connectivity index (χ3n) is 3.54. The molecule has 2 atom stereocenters. The first-order valence-corrected chi connectivity index (χ1v) is 6.45. The van der Waals surface area contributed by atoms with Gasteiger partial charge in [-0.2, -0.15) is 0 Å². The van der Waals surface area contributed by atoms with Crippen molar-refractivity contribution in [1.82, 2.24) is 0 Å². The Morgan fingerprint density at radius 2 is 2.00 bits per heavy atom. The number of hydrogen-bond donors (Lipinski definition) is 1. The molecule has 0 spiro atoms. The van der Waals surface area contributed by atoms with Crippen molar-refractivity contribution >= 4 is 11.0 Å². The van der Waals surface area contributed by atoms with Crippen molar-refractivity contribution in [2.45, 2.75) is 45.6 Å². The second-order valence-electron chi connectivity index (χ2n) is 4.74. The van der Waals surface area contributed by atoms with Gasteiger partial charge in [0.2, 0.25) is 0 Å². The van der Waals surface area contributed by atoms with Crippen molar-refractivity contribution in [2.24, 2.45) is 5.73 Å². The molecule has 1 aromatic heterocycles. The number of furan rings is 1. The van der Waals surface area contributed by atoms with Gasteiger partial charge in [-0.05, 0) is 30.4 Å². The molecule has 0 fully saturated rings. The van der Waals surface area contributed by atoms with Gasteiger partial charge in [0.25, 0.3) is 0 Å². The van der Waals surface area contributed by atoms with E-state index in [4.69, 9.17) is 10.2 Å². The summed E-state index contributed by atoms with van der Waals surface area (Å²) < 4.78 is 5.95. The van der Waals surface area contributed by atoms with E-state index in [1.54, 1.807) is 0 Å². The Morgan fingerprint density at radius 3 is 2.65 bits per heavy atom. The molecule has 0 amide bonds. The van der Waals surface area contributed by atoms with Gasteiger partial charge in [-0.1, -0.05) is 39.0 Å². The summed E-state index contributed by atoms with van der Waals surface area (Å²) in [4.78, 5) is 0. The minimum atomic E-state index is 0.00665. The van der Waals surface area contributed by atoms with Gasteiger partial charge in [-0.25, -0.2) is 0 Å². The Kier molecular flexibility index (Phi) is 3.53. The molecule has 0 aliphatic carbocycles. The van der Waals surface area contributed by atoms with Crippen LogP contribution in [-0.4, -0.2) is 0 Å². The van der Waals surface area contributed by atoms with Crippen LogP contribution in [0, 0.1) is 0 Å². The average Bonchev–Trinajstić information content (AvgIpc) is 2.80. The Balaban J connectivity index is 2.52. The van der Waals surface area contributed by atoms with Crippen molar-refractivity contribution < 1.29 is 4.42 Å². The lowest BCUT2D eigenvalue weighted by Gasteiger charge is -2.09. The third-order valence-corrected chi connectivity index (χ3v) is 3.54. The second-order valence-corrected chi connectivity index (χ2v) is 4.74. The highest BCUT2D eigenvalue weighted by atomic mass is 16.3.